The van der Waals surface area contributed by atoms with E-state index in [1.54, 1.807) is 6.92 Å². The number of amides is 2. The molecule has 5 nitrogen and oxygen atoms in total. The van der Waals surface area contributed by atoms with Gasteiger partial charge in [-0.1, -0.05) is 13.0 Å². The van der Waals surface area contributed by atoms with Crippen LogP contribution in [0.25, 0.3) is 0 Å². The first-order valence-corrected chi connectivity index (χ1v) is 6.50. The van der Waals surface area contributed by atoms with Crippen LogP contribution in [0.15, 0.2) is 12.2 Å². The SMILES string of the molecule is C=C(C)C(=O)C1CCCCC(=O)C2C(=O)NC(=O)C12. The van der Waals surface area contributed by atoms with E-state index in [1.807, 2.05) is 0 Å². The number of hydrogen-bond donors (Lipinski definition) is 1. The lowest BCUT2D eigenvalue weighted by atomic mass is 9.73. The van der Waals surface area contributed by atoms with Crippen molar-refractivity contribution in [1.29, 1.82) is 0 Å². The summed E-state index contributed by atoms with van der Waals surface area (Å²) in [6, 6.07) is 0. The highest BCUT2D eigenvalue weighted by Crippen LogP contribution is 2.36. The van der Waals surface area contributed by atoms with Crippen molar-refractivity contribution in [3.8, 4) is 0 Å². The van der Waals surface area contributed by atoms with Crippen LogP contribution >= 0.6 is 0 Å². The van der Waals surface area contributed by atoms with E-state index >= 15 is 0 Å². The number of Topliss-reactive ketones (excluding diaryl/α,β-unsaturated/α-hetero) is 2. The van der Waals surface area contributed by atoms with Crippen molar-refractivity contribution < 1.29 is 19.2 Å². The van der Waals surface area contributed by atoms with Crippen molar-refractivity contribution in [2.24, 2.45) is 17.8 Å². The van der Waals surface area contributed by atoms with Gasteiger partial charge in [0.15, 0.2) is 5.78 Å². The Morgan fingerprint density at radius 2 is 1.89 bits per heavy atom. The van der Waals surface area contributed by atoms with Gasteiger partial charge in [-0.05, 0) is 25.3 Å². The van der Waals surface area contributed by atoms with Crippen molar-refractivity contribution in [3.63, 3.8) is 0 Å². The molecule has 0 spiro atoms. The molecule has 0 aromatic rings. The summed E-state index contributed by atoms with van der Waals surface area (Å²) in [5, 5.41) is 2.19. The normalized spacial score (nSPS) is 31.2. The maximum Gasteiger partial charge on any atom is 0.237 e. The van der Waals surface area contributed by atoms with Gasteiger partial charge in [0, 0.05) is 12.3 Å². The predicted octanol–water partition coefficient (Wildman–Crippen LogP) is 0.780. The van der Waals surface area contributed by atoms with E-state index < -0.39 is 29.6 Å². The minimum absolute atomic E-state index is 0.213. The fourth-order valence-electron chi connectivity index (χ4n) is 2.97. The quantitative estimate of drug-likeness (QED) is 0.453. The lowest BCUT2D eigenvalue weighted by Gasteiger charge is -2.26. The van der Waals surface area contributed by atoms with Crippen LogP contribution in [-0.2, 0) is 19.2 Å². The molecule has 1 aliphatic carbocycles. The second kappa shape index (κ2) is 5.07. The molecule has 0 aromatic carbocycles. The van der Waals surface area contributed by atoms with Crippen LogP contribution in [0.5, 0.6) is 0 Å². The van der Waals surface area contributed by atoms with Crippen molar-refractivity contribution in [1.82, 2.24) is 5.32 Å². The summed E-state index contributed by atoms with van der Waals surface area (Å²) in [5.74, 6) is -3.92. The third-order valence-corrected chi connectivity index (χ3v) is 3.92. The van der Waals surface area contributed by atoms with E-state index in [1.165, 1.54) is 0 Å². The Balaban J connectivity index is 2.39. The lowest BCUT2D eigenvalue weighted by molar-refractivity contribution is -0.137. The Bertz CT molecular complexity index is 480. The van der Waals surface area contributed by atoms with Gasteiger partial charge in [-0.2, -0.15) is 0 Å². The second-order valence-corrected chi connectivity index (χ2v) is 5.32. The van der Waals surface area contributed by atoms with Crippen molar-refractivity contribution in [2.75, 3.05) is 0 Å². The van der Waals surface area contributed by atoms with Crippen LogP contribution in [0, 0.1) is 17.8 Å². The molecule has 2 rings (SSSR count). The molecule has 3 atom stereocenters. The van der Waals surface area contributed by atoms with Crippen LogP contribution in [0.4, 0.5) is 0 Å². The fraction of sp³-hybridized carbons (Fsp3) is 0.571. The van der Waals surface area contributed by atoms with E-state index in [-0.39, 0.29) is 11.6 Å². The summed E-state index contributed by atoms with van der Waals surface area (Å²) in [6.07, 6.45) is 2.19. The molecule has 0 aromatic heterocycles. The molecule has 2 aliphatic rings. The largest absolute Gasteiger partial charge is 0.299 e. The summed E-state index contributed by atoms with van der Waals surface area (Å²) in [6.45, 7) is 5.20. The zero-order valence-electron chi connectivity index (χ0n) is 10.9. The molecule has 5 heteroatoms. The summed E-state index contributed by atoms with van der Waals surface area (Å²) in [5.41, 5.74) is 0.365. The van der Waals surface area contributed by atoms with Gasteiger partial charge in [-0.25, -0.2) is 0 Å². The molecule has 1 heterocycles. The van der Waals surface area contributed by atoms with Crippen LogP contribution in [0.2, 0.25) is 0 Å². The molecule has 0 radical (unpaired) electrons. The maximum atomic E-state index is 12.2. The van der Waals surface area contributed by atoms with E-state index in [0.717, 1.165) is 0 Å². The standard InChI is InChI=1S/C14H17NO4/c1-7(2)12(17)8-5-3-4-6-9(16)11-10(8)13(18)15-14(11)19/h8,10-11H,1,3-6H2,2H3,(H,15,18,19). The minimum atomic E-state index is -0.985. The summed E-state index contributed by atoms with van der Waals surface area (Å²) >= 11 is 0. The number of carbonyl (C=O) groups is 4. The lowest BCUT2D eigenvalue weighted by Crippen LogP contribution is -2.37. The van der Waals surface area contributed by atoms with Crippen molar-refractivity contribution in [2.45, 2.75) is 32.6 Å². The van der Waals surface area contributed by atoms with Gasteiger partial charge in [0.25, 0.3) is 0 Å². The Morgan fingerprint density at radius 1 is 1.21 bits per heavy atom. The highest BCUT2D eigenvalue weighted by molar-refractivity contribution is 6.17. The molecule has 2 amide bonds. The number of nitrogens with one attached hydrogen (secondary N) is 1. The molecule has 1 saturated carbocycles. The molecule has 0 bridgehead atoms. The number of allylic oxidation sites excluding steroid dienone is 1. The van der Waals surface area contributed by atoms with Crippen LogP contribution < -0.4 is 5.32 Å². The molecular weight excluding hydrogens is 246 g/mol. The average Bonchev–Trinajstić information content (AvgIpc) is 2.60. The monoisotopic (exact) mass is 263 g/mol. The molecule has 2 fully saturated rings. The van der Waals surface area contributed by atoms with E-state index in [2.05, 4.69) is 11.9 Å². The zero-order chi connectivity index (χ0) is 14.2. The Kier molecular flexibility index (Phi) is 3.64. The summed E-state index contributed by atoms with van der Waals surface area (Å²) < 4.78 is 0. The van der Waals surface area contributed by atoms with Crippen molar-refractivity contribution >= 4 is 23.4 Å². The Hall–Kier alpha value is -1.78. The van der Waals surface area contributed by atoms with E-state index in [9.17, 15) is 19.2 Å². The molecule has 1 N–H and O–H groups in total. The number of ketones is 2. The van der Waals surface area contributed by atoms with Gasteiger partial charge in [-0.15, -0.1) is 0 Å². The van der Waals surface area contributed by atoms with Gasteiger partial charge in [-0.3, -0.25) is 24.5 Å². The van der Waals surface area contributed by atoms with Crippen LogP contribution in [0.1, 0.15) is 32.6 Å². The van der Waals surface area contributed by atoms with Crippen molar-refractivity contribution in [3.05, 3.63) is 12.2 Å². The third-order valence-electron chi connectivity index (χ3n) is 3.92. The smallest absolute Gasteiger partial charge is 0.237 e. The topological polar surface area (TPSA) is 80.3 Å². The minimum Gasteiger partial charge on any atom is -0.299 e. The van der Waals surface area contributed by atoms with E-state index in [0.29, 0.717) is 31.3 Å². The number of carbonyl (C=O) groups excluding carboxylic acids is 4. The Labute approximate surface area is 111 Å². The number of hydrogen-bond acceptors (Lipinski definition) is 4. The summed E-state index contributed by atoms with van der Waals surface area (Å²) in [7, 11) is 0. The number of fused-ring (bicyclic) bond motifs is 1. The molecular formula is C14H17NO4. The van der Waals surface area contributed by atoms with E-state index in [4.69, 9.17) is 0 Å². The highest BCUT2D eigenvalue weighted by Gasteiger charge is 2.51. The zero-order valence-corrected chi connectivity index (χ0v) is 10.9. The van der Waals surface area contributed by atoms with Gasteiger partial charge in [0.2, 0.25) is 11.8 Å². The average molecular weight is 263 g/mol. The fourth-order valence-corrected chi connectivity index (χ4v) is 2.97. The van der Waals surface area contributed by atoms with Gasteiger partial charge in [0.1, 0.15) is 11.7 Å². The van der Waals surface area contributed by atoms with Gasteiger partial charge < -0.3 is 0 Å². The first-order chi connectivity index (χ1) is 8.93. The molecule has 19 heavy (non-hydrogen) atoms. The second-order valence-electron chi connectivity index (χ2n) is 5.32. The number of imide groups is 1. The Morgan fingerprint density at radius 3 is 2.53 bits per heavy atom. The highest BCUT2D eigenvalue weighted by atomic mass is 16.2. The third kappa shape index (κ3) is 2.37. The molecule has 1 saturated heterocycles. The van der Waals surface area contributed by atoms with Gasteiger partial charge >= 0.3 is 0 Å². The summed E-state index contributed by atoms with van der Waals surface area (Å²) in [4.78, 5) is 47.8. The molecule has 3 unspecified atom stereocenters. The number of rotatable bonds is 2. The van der Waals surface area contributed by atoms with Gasteiger partial charge in [0.05, 0.1) is 5.92 Å². The first-order valence-electron chi connectivity index (χ1n) is 6.50. The first kappa shape index (κ1) is 13.6. The molecule has 102 valence electrons. The molecule has 1 aliphatic heterocycles. The van der Waals surface area contributed by atoms with Crippen LogP contribution in [0.3, 0.4) is 0 Å². The predicted molar refractivity (Wildman–Crippen MR) is 66.9 cm³/mol. The maximum absolute atomic E-state index is 12.2. The van der Waals surface area contributed by atoms with Crippen LogP contribution in [-0.4, -0.2) is 23.4 Å².